The average Bonchev–Trinajstić information content (AvgIpc) is 2.93. The fourth-order valence-electron chi connectivity index (χ4n) is 2.46. The SMILES string of the molecule is CN=C(NCc1nc(C)cs1)N1CCC(C(=O)OC)CC1. The van der Waals surface area contributed by atoms with Crippen LogP contribution in [-0.4, -0.2) is 49.1 Å². The summed E-state index contributed by atoms with van der Waals surface area (Å²) in [5.74, 6) is 0.785. The normalized spacial score (nSPS) is 16.9. The summed E-state index contributed by atoms with van der Waals surface area (Å²) in [4.78, 5) is 22.5. The van der Waals surface area contributed by atoms with Gasteiger partial charge < -0.3 is 15.0 Å². The number of rotatable bonds is 3. The third kappa shape index (κ3) is 4.17. The van der Waals surface area contributed by atoms with Crippen LogP contribution in [0.2, 0.25) is 0 Å². The first-order valence-electron chi connectivity index (χ1n) is 7.08. The number of aromatic nitrogens is 1. The number of methoxy groups -OCH3 is 1. The molecule has 0 amide bonds. The zero-order valence-corrected chi connectivity index (χ0v) is 13.6. The highest BCUT2D eigenvalue weighted by Gasteiger charge is 2.26. The van der Waals surface area contributed by atoms with Gasteiger partial charge in [0.25, 0.3) is 0 Å². The number of nitrogens with one attached hydrogen (secondary N) is 1. The van der Waals surface area contributed by atoms with Crippen LogP contribution in [0.3, 0.4) is 0 Å². The van der Waals surface area contributed by atoms with Crippen LogP contribution in [0.15, 0.2) is 10.4 Å². The predicted molar refractivity (Wildman–Crippen MR) is 83.4 cm³/mol. The summed E-state index contributed by atoms with van der Waals surface area (Å²) in [6.07, 6.45) is 1.62. The lowest BCUT2D eigenvalue weighted by Crippen LogP contribution is -2.46. The molecule has 1 aliphatic rings. The van der Waals surface area contributed by atoms with E-state index in [0.29, 0.717) is 6.54 Å². The second kappa shape index (κ2) is 7.40. The second-order valence-corrected chi connectivity index (χ2v) is 6.01. The topological polar surface area (TPSA) is 66.8 Å². The van der Waals surface area contributed by atoms with Crippen LogP contribution in [0, 0.1) is 12.8 Å². The Kier molecular flexibility index (Phi) is 5.55. The van der Waals surface area contributed by atoms with E-state index in [0.717, 1.165) is 42.6 Å². The Bertz CT molecular complexity index is 507. The van der Waals surface area contributed by atoms with Crippen LogP contribution in [-0.2, 0) is 16.1 Å². The zero-order valence-electron chi connectivity index (χ0n) is 12.8. The molecular formula is C14H22N4O2S. The number of carbonyl (C=O) groups is 1. The summed E-state index contributed by atoms with van der Waals surface area (Å²) < 4.78 is 4.81. The van der Waals surface area contributed by atoms with Crippen LogP contribution in [0.5, 0.6) is 0 Å². The number of thiazole rings is 1. The molecule has 0 bridgehead atoms. The van der Waals surface area contributed by atoms with Crippen LogP contribution < -0.4 is 5.32 Å². The average molecular weight is 310 g/mol. The highest BCUT2D eigenvalue weighted by molar-refractivity contribution is 7.09. The van der Waals surface area contributed by atoms with E-state index in [4.69, 9.17) is 4.74 Å². The molecule has 0 aromatic carbocycles. The van der Waals surface area contributed by atoms with Gasteiger partial charge in [-0.15, -0.1) is 11.3 Å². The third-order valence-electron chi connectivity index (χ3n) is 3.61. The minimum atomic E-state index is -0.101. The molecular weight excluding hydrogens is 288 g/mol. The number of carbonyl (C=O) groups excluding carboxylic acids is 1. The molecule has 0 atom stereocenters. The number of esters is 1. The van der Waals surface area contributed by atoms with Gasteiger partial charge in [0.05, 0.1) is 19.6 Å². The van der Waals surface area contributed by atoms with Gasteiger partial charge in [0.15, 0.2) is 5.96 Å². The number of ether oxygens (including phenoxy) is 1. The van der Waals surface area contributed by atoms with Gasteiger partial charge in [-0.2, -0.15) is 0 Å². The number of likely N-dealkylation sites (tertiary alicyclic amines) is 1. The minimum Gasteiger partial charge on any atom is -0.469 e. The van der Waals surface area contributed by atoms with Crippen molar-refractivity contribution < 1.29 is 9.53 Å². The standard InChI is InChI=1S/C14H22N4O2S/c1-10-9-21-12(17-10)8-16-14(15-2)18-6-4-11(5-7-18)13(19)20-3/h9,11H,4-8H2,1-3H3,(H,15,16). The largest absolute Gasteiger partial charge is 0.469 e. The maximum absolute atomic E-state index is 11.5. The summed E-state index contributed by atoms with van der Waals surface area (Å²) in [6, 6.07) is 0. The molecule has 1 saturated heterocycles. The first-order valence-corrected chi connectivity index (χ1v) is 7.96. The van der Waals surface area contributed by atoms with Crippen molar-refractivity contribution in [1.82, 2.24) is 15.2 Å². The van der Waals surface area contributed by atoms with Crippen molar-refractivity contribution in [2.45, 2.75) is 26.3 Å². The predicted octanol–water partition coefficient (Wildman–Crippen LogP) is 1.41. The molecule has 116 valence electrons. The van der Waals surface area contributed by atoms with Crippen molar-refractivity contribution in [2.24, 2.45) is 10.9 Å². The van der Waals surface area contributed by atoms with Crippen molar-refractivity contribution in [3.63, 3.8) is 0 Å². The maximum atomic E-state index is 11.5. The van der Waals surface area contributed by atoms with Crippen molar-refractivity contribution in [3.8, 4) is 0 Å². The number of hydrogen-bond acceptors (Lipinski definition) is 5. The van der Waals surface area contributed by atoms with E-state index >= 15 is 0 Å². The Morgan fingerprint density at radius 2 is 2.29 bits per heavy atom. The van der Waals surface area contributed by atoms with Gasteiger partial charge in [-0.25, -0.2) is 4.98 Å². The molecule has 0 aliphatic carbocycles. The molecule has 0 saturated carbocycles. The molecule has 1 aromatic heterocycles. The molecule has 1 N–H and O–H groups in total. The van der Waals surface area contributed by atoms with Gasteiger partial charge in [-0.05, 0) is 19.8 Å². The fraction of sp³-hybridized carbons (Fsp3) is 0.643. The van der Waals surface area contributed by atoms with Crippen molar-refractivity contribution in [2.75, 3.05) is 27.2 Å². The quantitative estimate of drug-likeness (QED) is 0.519. The number of guanidine groups is 1. The maximum Gasteiger partial charge on any atom is 0.308 e. The van der Waals surface area contributed by atoms with E-state index in [1.165, 1.54) is 7.11 Å². The fourth-order valence-corrected chi connectivity index (χ4v) is 3.18. The van der Waals surface area contributed by atoms with Crippen molar-refractivity contribution in [1.29, 1.82) is 0 Å². The van der Waals surface area contributed by atoms with Gasteiger partial charge in [0.2, 0.25) is 0 Å². The second-order valence-electron chi connectivity index (χ2n) is 5.07. The van der Waals surface area contributed by atoms with Gasteiger partial charge in [0.1, 0.15) is 5.01 Å². The highest BCUT2D eigenvalue weighted by atomic mass is 32.1. The third-order valence-corrected chi connectivity index (χ3v) is 4.57. The van der Waals surface area contributed by atoms with E-state index in [1.54, 1.807) is 18.4 Å². The summed E-state index contributed by atoms with van der Waals surface area (Å²) in [6.45, 7) is 4.31. The van der Waals surface area contributed by atoms with Crippen LogP contribution >= 0.6 is 11.3 Å². The first-order chi connectivity index (χ1) is 10.1. The smallest absolute Gasteiger partial charge is 0.308 e. The van der Waals surface area contributed by atoms with Gasteiger partial charge >= 0.3 is 5.97 Å². The van der Waals surface area contributed by atoms with Crippen molar-refractivity contribution >= 4 is 23.3 Å². The zero-order chi connectivity index (χ0) is 15.2. The van der Waals surface area contributed by atoms with Crippen molar-refractivity contribution in [3.05, 3.63) is 16.1 Å². The Hall–Kier alpha value is -1.63. The molecule has 7 heteroatoms. The number of piperidine rings is 1. The first kappa shape index (κ1) is 15.8. The minimum absolute atomic E-state index is 0.0194. The molecule has 1 aliphatic heterocycles. The van der Waals surface area contributed by atoms with E-state index in [-0.39, 0.29) is 11.9 Å². The number of aryl methyl sites for hydroxylation is 1. The summed E-state index contributed by atoms with van der Waals surface area (Å²) in [5.41, 5.74) is 1.05. The van der Waals surface area contributed by atoms with E-state index in [9.17, 15) is 4.79 Å². The summed E-state index contributed by atoms with van der Waals surface area (Å²) in [7, 11) is 3.23. The summed E-state index contributed by atoms with van der Waals surface area (Å²) >= 11 is 1.65. The Morgan fingerprint density at radius 3 is 2.81 bits per heavy atom. The molecule has 2 rings (SSSR count). The molecule has 2 heterocycles. The highest BCUT2D eigenvalue weighted by Crippen LogP contribution is 2.18. The Labute approximate surface area is 129 Å². The molecule has 0 unspecified atom stereocenters. The molecule has 1 fully saturated rings. The Morgan fingerprint density at radius 1 is 1.57 bits per heavy atom. The van der Waals surface area contributed by atoms with Gasteiger partial charge in [-0.1, -0.05) is 0 Å². The lowest BCUT2D eigenvalue weighted by atomic mass is 9.97. The molecule has 21 heavy (non-hydrogen) atoms. The van der Waals surface area contributed by atoms with Gasteiger partial charge in [-0.3, -0.25) is 9.79 Å². The molecule has 0 radical (unpaired) electrons. The van der Waals surface area contributed by atoms with Crippen LogP contribution in [0.1, 0.15) is 23.5 Å². The number of aliphatic imine (C=N–C) groups is 1. The molecule has 1 aromatic rings. The van der Waals surface area contributed by atoms with Crippen LogP contribution in [0.4, 0.5) is 0 Å². The van der Waals surface area contributed by atoms with E-state index < -0.39 is 0 Å². The molecule has 6 nitrogen and oxygen atoms in total. The Balaban J connectivity index is 1.84. The summed E-state index contributed by atoms with van der Waals surface area (Å²) in [5, 5.41) is 6.43. The number of nitrogens with zero attached hydrogens (tertiary/aromatic N) is 3. The monoisotopic (exact) mass is 310 g/mol. The lowest BCUT2D eigenvalue weighted by molar-refractivity contribution is -0.146. The van der Waals surface area contributed by atoms with Crippen LogP contribution in [0.25, 0.3) is 0 Å². The lowest BCUT2D eigenvalue weighted by Gasteiger charge is -2.33. The van der Waals surface area contributed by atoms with E-state index in [1.807, 2.05) is 12.3 Å². The molecule has 0 spiro atoms. The van der Waals surface area contributed by atoms with Gasteiger partial charge in [0, 0.05) is 31.2 Å². The number of hydrogen-bond donors (Lipinski definition) is 1. The van der Waals surface area contributed by atoms with E-state index in [2.05, 4.69) is 20.2 Å².